The number of benzene rings is 1. The van der Waals surface area contributed by atoms with Gasteiger partial charge in [0.1, 0.15) is 0 Å². The molecule has 1 aromatic heterocycles. The maximum atomic E-state index is 11.4. The van der Waals surface area contributed by atoms with Crippen molar-refractivity contribution in [2.45, 2.75) is 13.8 Å². The first-order valence-corrected chi connectivity index (χ1v) is 5.75. The predicted octanol–water partition coefficient (Wildman–Crippen LogP) is 2.94. The van der Waals surface area contributed by atoms with E-state index in [0.29, 0.717) is 22.4 Å². The number of pyridine rings is 1. The predicted molar refractivity (Wildman–Crippen MR) is 70.8 cm³/mol. The normalized spacial score (nSPS) is 9.95. The van der Waals surface area contributed by atoms with Crippen LogP contribution in [0.3, 0.4) is 0 Å². The molecule has 0 fully saturated rings. The number of hydrogen-bond donors (Lipinski definition) is 1. The summed E-state index contributed by atoms with van der Waals surface area (Å²) in [6.07, 6.45) is 0. The Kier molecular flexibility index (Phi) is 3.30. The highest BCUT2D eigenvalue weighted by Gasteiger charge is 2.16. The molecule has 0 aliphatic rings. The number of aromatic nitrogens is 1. The fourth-order valence-electron chi connectivity index (χ4n) is 2.08. The fourth-order valence-corrected chi connectivity index (χ4v) is 2.08. The summed E-state index contributed by atoms with van der Waals surface area (Å²) in [5.41, 5.74) is 3.21. The van der Waals surface area contributed by atoms with E-state index in [2.05, 4.69) is 11.1 Å². The van der Waals surface area contributed by atoms with Gasteiger partial charge in [-0.05, 0) is 43.2 Å². The Hall–Kier alpha value is -2.67. The molecule has 19 heavy (non-hydrogen) atoms. The molecular weight excluding hydrogens is 240 g/mol. The van der Waals surface area contributed by atoms with Gasteiger partial charge in [-0.3, -0.25) is 4.98 Å². The summed E-state index contributed by atoms with van der Waals surface area (Å²) in [4.78, 5) is 15.6. The lowest BCUT2D eigenvalue weighted by atomic mass is 9.97. The molecule has 0 unspecified atom stereocenters. The Morgan fingerprint density at radius 3 is 2.68 bits per heavy atom. The first kappa shape index (κ1) is 12.8. The number of nitriles is 1. The third-order valence-electron chi connectivity index (χ3n) is 2.84. The lowest BCUT2D eigenvalue weighted by molar-refractivity contribution is 0.0696. The molecule has 1 heterocycles. The number of carbonyl (C=O) groups is 1. The third kappa shape index (κ3) is 2.45. The second-order valence-electron chi connectivity index (χ2n) is 4.27. The van der Waals surface area contributed by atoms with Crippen molar-refractivity contribution < 1.29 is 9.90 Å². The van der Waals surface area contributed by atoms with Crippen LogP contribution in [-0.4, -0.2) is 16.1 Å². The van der Waals surface area contributed by atoms with E-state index in [9.17, 15) is 9.90 Å². The Morgan fingerprint density at radius 2 is 2.05 bits per heavy atom. The van der Waals surface area contributed by atoms with Gasteiger partial charge in [-0.1, -0.05) is 12.1 Å². The van der Waals surface area contributed by atoms with E-state index < -0.39 is 5.97 Å². The molecule has 2 aromatic rings. The topological polar surface area (TPSA) is 74.0 Å². The average molecular weight is 252 g/mol. The SMILES string of the molecule is Cc1cc(-c2cccc(C#N)c2)c(C(=O)O)c(C)n1. The van der Waals surface area contributed by atoms with Crippen LogP contribution in [0.5, 0.6) is 0 Å². The van der Waals surface area contributed by atoms with Gasteiger partial charge in [0.25, 0.3) is 0 Å². The molecule has 0 aliphatic heterocycles. The fraction of sp³-hybridized carbons (Fsp3) is 0.133. The summed E-state index contributed by atoms with van der Waals surface area (Å²) >= 11 is 0. The number of aromatic carboxylic acids is 1. The van der Waals surface area contributed by atoms with E-state index >= 15 is 0 Å². The molecule has 0 atom stereocenters. The molecule has 4 heteroatoms. The standard InChI is InChI=1S/C15H12N2O2/c1-9-6-13(14(15(18)19)10(2)17-9)12-5-3-4-11(7-12)8-16/h3-7H,1-2H3,(H,18,19). The summed E-state index contributed by atoms with van der Waals surface area (Å²) in [6, 6.07) is 10.7. The number of nitrogens with zero attached hydrogens (tertiary/aromatic N) is 2. The molecule has 0 amide bonds. The van der Waals surface area contributed by atoms with Crippen LogP contribution in [0.4, 0.5) is 0 Å². The Bertz CT molecular complexity index is 700. The zero-order valence-electron chi connectivity index (χ0n) is 10.6. The number of carboxylic acid groups (broad SMARTS) is 1. The monoisotopic (exact) mass is 252 g/mol. The van der Waals surface area contributed by atoms with E-state index in [1.807, 2.05) is 6.92 Å². The highest BCUT2D eigenvalue weighted by molar-refractivity contribution is 5.97. The largest absolute Gasteiger partial charge is 0.478 e. The summed E-state index contributed by atoms with van der Waals surface area (Å²) in [5, 5.41) is 18.2. The van der Waals surface area contributed by atoms with Crippen molar-refractivity contribution in [3.05, 3.63) is 52.8 Å². The Labute approximate surface area is 111 Å². The smallest absolute Gasteiger partial charge is 0.338 e. The number of rotatable bonds is 2. The summed E-state index contributed by atoms with van der Waals surface area (Å²) in [5.74, 6) is -1.01. The van der Waals surface area contributed by atoms with Crippen molar-refractivity contribution in [3.63, 3.8) is 0 Å². The van der Waals surface area contributed by atoms with Crippen LogP contribution >= 0.6 is 0 Å². The van der Waals surface area contributed by atoms with Crippen LogP contribution < -0.4 is 0 Å². The lowest BCUT2D eigenvalue weighted by Gasteiger charge is -2.10. The van der Waals surface area contributed by atoms with Gasteiger partial charge < -0.3 is 5.11 Å². The molecule has 94 valence electrons. The molecule has 0 saturated carbocycles. The molecule has 0 spiro atoms. The second kappa shape index (κ2) is 4.91. The van der Waals surface area contributed by atoms with E-state index in [4.69, 9.17) is 5.26 Å². The third-order valence-corrected chi connectivity index (χ3v) is 2.84. The Balaban J connectivity index is 2.74. The minimum atomic E-state index is -1.01. The first-order valence-electron chi connectivity index (χ1n) is 5.75. The number of carboxylic acids is 1. The van der Waals surface area contributed by atoms with Gasteiger partial charge in [-0.2, -0.15) is 5.26 Å². The first-order chi connectivity index (χ1) is 9.02. The van der Waals surface area contributed by atoms with Gasteiger partial charge in [0.2, 0.25) is 0 Å². The average Bonchev–Trinajstić information content (AvgIpc) is 2.37. The number of hydrogen-bond acceptors (Lipinski definition) is 3. The van der Waals surface area contributed by atoms with E-state index in [1.165, 1.54) is 0 Å². The van der Waals surface area contributed by atoms with Crippen molar-refractivity contribution in [2.75, 3.05) is 0 Å². The zero-order chi connectivity index (χ0) is 14.0. The van der Waals surface area contributed by atoms with Gasteiger partial charge in [0.05, 0.1) is 22.9 Å². The maximum absolute atomic E-state index is 11.4. The van der Waals surface area contributed by atoms with Crippen molar-refractivity contribution in [2.24, 2.45) is 0 Å². The lowest BCUT2D eigenvalue weighted by Crippen LogP contribution is -2.06. The van der Waals surface area contributed by atoms with Crippen LogP contribution in [0.2, 0.25) is 0 Å². The van der Waals surface area contributed by atoms with Crippen LogP contribution in [0.15, 0.2) is 30.3 Å². The van der Waals surface area contributed by atoms with Crippen molar-refractivity contribution in [3.8, 4) is 17.2 Å². The van der Waals surface area contributed by atoms with Gasteiger partial charge >= 0.3 is 5.97 Å². The van der Waals surface area contributed by atoms with Gasteiger partial charge in [0, 0.05) is 5.69 Å². The van der Waals surface area contributed by atoms with E-state index in [1.54, 1.807) is 37.3 Å². The van der Waals surface area contributed by atoms with Crippen molar-refractivity contribution in [1.29, 1.82) is 5.26 Å². The zero-order valence-corrected chi connectivity index (χ0v) is 10.6. The second-order valence-corrected chi connectivity index (χ2v) is 4.27. The van der Waals surface area contributed by atoms with Crippen LogP contribution in [0, 0.1) is 25.2 Å². The molecule has 0 saturated heterocycles. The van der Waals surface area contributed by atoms with Gasteiger partial charge in [0.15, 0.2) is 0 Å². The molecule has 0 aliphatic carbocycles. The minimum absolute atomic E-state index is 0.181. The highest BCUT2D eigenvalue weighted by Crippen LogP contribution is 2.27. The summed E-state index contributed by atoms with van der Waals surface area (Å²) < 4.78 is 0. The van der Waals surface area contributed by atoms with Crippen LogP contribution in [0.1, 0.15) is 27.3 Å². The summed E-state index contributed by atoms with van der Waals surface area (Å²) in [6.45, 7) is 3.49. The maximum Gasteiger partial charge on any atom is 0.338 e. The van der Waals surface area contributed by atoms with Crippen LogP contribution in [0.25, 0.3) is 11.1 Å². The van der Waals surface area contributed by atoms with E-state index in [-0.39, 0.29) is 5.56 Å². The van der Waals surface area contributed by atoms with Crippen LogP contribution in [-0.2, 0) is 0 Å². The van der Waals surface area contributed by atoms with Gasteiger partial charge in [-0.15, -0.1) is 0 Å². The molecule has 0 bridgehead atoms. The minimum Gasteiger partial charge on any atom is -0.478 e. The quantitative estimate of drug-likeness (QED) is 0.891. The van der Waals surface area contributed by atoms with E-state index in [0.717, 1.165) is 5.69 Å². The van der Waals surface area contributed by atoms with Crippen molar-refractivity contribution >= 4 is 5.97 Å². The molecule has 1 aromatic carbocycles. The molecular formula is C15H12N2O2. The number of aryl methyl sites for hydroxylation is 2. The highest BCUT2D eigenvalue weighted by atomic mass is 16.4. The molecule has 2 rings (SSSR count). The molecule has 4 nitrogen and oxygen atoms in total. The Morgan fingerprint density at radius 1 is 1.32 bits per heavy atom. The van der Waals surface area contributed by atoms with Crippen molar-refractivity contribution in [1.82, 2.24) is 4.98 Å². The molecule has 0 radical (unpaired) electrons. The van der Waals surface area contributed by atoms with Gasteiger partial charge in [-0.25, -0.2) is 4.79 Å². The summed E-state index contributed by atoms with van der Waals surface area (Å²) in [7, 11) is 0. The molecule has 1 N–H and O–H groups in total.